The molecule has 0 radical (unpaired) electrons. The number of Topliss-reactive ketones (excluding diaryl/α,β-unsaturated/α-hetero) is 1. The Morgan fingerprint density at radius 1 is 1.23 bits per heavy atom. The van der Waals surface area contributed by atoms with E-state index in [-0.39, 0.29) is 12.3 Å². The zero-order chi connectivity index (χ0) is 16.4. The summed E-state index contributed by atoms with van der Waals surface area (Å²) >= 11 is 0. The highest BCUT2D eigenvalue weighted by Crippen LogP contribution is 2.13. The molecule has 0 heterocycles. The molecule has 0 amide bonds. The molecule has 0 saturated carbocycles. The Balaban J connectivity index is 2.86. The van der Waals surface area contributed by atoms with Gasteiger partial charge in [-0.15, -0.1) is 0 Å². The van der Waals surface area contributed by atoms with Gasteiger partial charge in [-0.2, -0.15) is 5.48 Å². The van der Waals surface area contributed by atoms with Crippen molar-refractivity contribution in [3.05, 3.63) is 35.9 Å². The molecule has 0 fully saturated rings. The number of carbonyl (C=O) groups is 1. The molecule has 2 N–H and O–H groups in total. The van der Waals surface area contributed by atoms with Crippen LogP contribution in [0, 0.1) is 0 Å². The summed E-state index contributed by atoms with van der Waals surface area (Å²) < 4.78 is 0. The van der Waals surface area contributed by atoms with Crippen molar-refractivity contribution in [3.8, 4) is 0 Å². The predicted octanol–water partition coefficient (Wildman–Crippen LogP) is 2.22. The van der Waals surface area contributed by atoms with E-state index in [0.29, 0.717) is 12.2 Å². The van der Waals surface area contributed by atoms with Crippen LogP contribution in [0.3, 0.4) is 0 Å². The number of carbonyl (C=O) groups excluding carboxylic acids is 1. The Bertz CT molecular complexity index is 435. The number of hydrogen-bond acceptors (Lipinski definition) is 5. The number of rotatable bonds is 11. The molecule has 0 bridgehead atoms. The lowest BCUT2D eigenvalue weighted by molar-refractivity contribution is -0.115. The van der Waals surface area contributed by atoms with Gasteiger partial charge < -0.3 is 5.11 Å². The van der Waals surface area contributed by atoms with Crippen LogP contribution in [0.15, 0.2) is 30.3 Å². The van der Waals surface area contributed by atoms with Gasteiger partial charge in [0.2, 0.25) is 11.5 Å². The number of unbranched alkanes of at least 4 members (excludes halogenated alkanes) is 1. The standard InChI is InChI=1S/C17H28N2O3/c1-4-7-13-22-18-17(21,14-19(5-2)6-3)16(20)15-11-9-8-10-12-15/h8-12,18,21H,4-7,13-14H2,1-3H3. The van der Waals surface area contributed by atoms with Crippen LogP contribution in [-0.4, -0.2) is 47.8 Å². The second kappa shape index (κ2) is 9.69. The first-order chi connectivity index (χ1) is 10.6. The van der Waals surface area contributed by atoms with E-state index in [9.17, 15) is 9.90 Å². The number of ketones is 1. The molecular weight excluding hydrogens is 280 g/mol. The summed E-state index contributed by atoms with van der Waals surface area (Å²) in [6.45, 7) is 8.18. The third-order valence-corrected chi connectivity index (χ3v) is 3.60. The summed E-state index contributed by atoms with van der Waals surface area (Å²) in [5, 5.41) is 10.8. The normalized spacial score (nSPS) is 14.0. The van der Waals surface area contributed by atoms with E-state index in [1.165, 1.54) is 0 Å². The summed E-state index contributed by atoms with van der Waals surface area (Å²) in [6, 6.07) is 8.80. The number of hydroxylamine groups is 1. The Morgan fingerprint density at radius 3 is 2.41 bits per heavy atom. The Hall–Kier alpha value is -1.27. The van der Waals surface area contributed by atoms with Crippen molar-refractivity contribution in [2.24, 2.45) is 0 Å². The van der Waals surface area contributed by atoms with Gasteiger partial charge in [-0.1, -0.05) is 57.5 Å². The van der Waals surface area contributed by atoms with Gasteiger partial charge in [-0.3, -0.25) is 14.5 Å². The number of hydrogen-bond donors (Lipinski definition) is 2. The largest absolute Gasteiger partial charge is 0.366 e. The van der Waals surface area contributed by atoms with Crippen molar-refractivity contribution in [3.63, 3.8) is 0 Å². The third kappa shape index (κ3) is 5.50. The predicted molar refractivity (Wildman–Crippen MR) is 87.5 cm³/mol. The number of nitrogens with one attached hydrogen (secondary N) is 1. The van der Waals surface area contributed by atoms with Crippen molar-refractivity contribution in [2.45, 2.75) is 39.3 Å². The van der Waals surface area contributed by atoms with E-state index in [1.54, 1.807) is 24.3 Å². The van der Waals surface area contributed by atoms with Gasteiger partial charge in [0.15, 0.2) is 0 Å². The summed E-state index contributed by atoms with van der Waals surface area (Å²) in [4.78, 5) is 20.0. The van der Waals surface area contributed by atoms with E-state index in [4.69, 9.17) is 4.84 Å². The summed E-state index contributed by atoms with van der Waals surface area (Å²) in [5.41, 5.74) is 1.31. The van der Waals surface area contributed by atoms with Gasteiger partial charge in [-0.05, 0) is 19.5 Å². The average molecular weight is 308 g/mol. The smallest absolute Gasteiger partial charge is 0.215 e. The number of nitrogens with zero attached hydrogens (tertiary/aromatic N) is 1. The Morgan fingerprint density at radius 2 is 1.86 bits per heavy atom. The zero-order valence-corrected chi connectivity index (χ0v) is 13.8. The van der Waals surface area contributed by atoms with Gasteiger partial charge in [0.25, 0.3) is 0 Å². The first-order valence-electron chi connectivity index (χ1n) is 8.00. The highest BCUT2D eigenvalue weighted by Gasteiger charge is 2.38. The van der Waals surface area contributed by atoms with Crippen LogP contribution in [-0.2, 0) is 4.84 Å². The van der Waals surface area contributed by atoms with Gasteiger partial charge in [0.1, 0.15) is 0 Å². The Labute approximate surface area is 133 Å². The van der Waals surface area contributed by atoms with Crippen LogP contribution >= 0.6 is 0 Å². The highest BCUT2D eigenvalue weighted by atomic mass is 16.7. The van der Waals surface area contributed by atoms with Gasteiger partial charge in [0, 0.05) is 5.56 Å². The fourth-order valence-corrected chi connectivity index (χ4v) is 2.14. The van der Waals surface area contributed by atoms with Crippen LogP contribution in [0.4, 0.5) is 0 Å². The fraction of sp³-hybridized carbons (Fsp3) is 0.588. The van der Waals surface area contributed by atoms with E-state index in [1.807, 2.05) is 24.8 Å². The SMILES string of the molecule is CCCCONC(O)(CN(CC)CC)C(=O)c1ccccc1. The molecule has 22 heavy (non-hydrogen) atoms. The molecule has 1 aromatic carbocycles. The van der Waals surface area contributed by atoms with Crippen LogP contribution in [0.25, 0.3) is 0 Å². The Kier molecular flexibility index (Phi) is 8.27. The molecule has 0 saturated heterocycles. The van der Waals surface area contributed by atoms with Crippen molar-refractivity contribution >= 4 is 5.78 Å². The van der Waals surface area contributed by atoms with Crippen molar-refractivity contribution in [1.82, 2.24) is 10.4 Å². The second-order valence-electron chi connectivity index (χ2n) is 5.32. The molecule has 124 valence electrons. The first kappa shape index (κ1) is 18.8. The van der Waals surface area contributed by atoms with Crippen LogP contribution in [0.2, 0.25) is 0 Å². The number of likely N-dealkylation sites (N-methyl/N-ethyl adjacent to an activating group) is 1. The minimum absolute atomic E-state index is 0.180. The molecule has 0 aromatic heterocycles. The van der Waals surface area contributed by atoms with Gasteiger partial charge >= 0.3 is 0 Å². The fourth-order valence-electron chi connectivity index (χ4n) is 2.14. The number of aliphatic hydroxyl groups is 1. The molecule has 0 spiro atoms. The molecule has 1 rings (SSSR count). The van der Waals surface area contributed by atoms with E-state index < -0.39 is 5.72 Å². The third-order valence-electron chi connectivity index (χ3n) is 3.60. The topological polar surface area (TPSA) is 61.8 Å². The molecule has 1 atom stereocenters. The molecule has 1 aromatic rings. The lowest BCUT2D eigenvalue weighted by Gasteiger charge is -2.32. The summed E-state index contributed by atoms with van der Waals surface area (Å²) in [5.74, 6) is -0.378. The van der Waals surface area contributed by atoms with E-state index in [0.717, 1.165) is 25.9 Å². The van der Waals surface area contributed by atoms with Crippen LogP contribution in [0.5, 0.6) is 0 Å². The molecule has 1 unspecified atom stereocenters. The molecule has 0 aliphatic carbocycles. The average Bonchev–Trinajstić information content (AvgIpc) is 2.56. The van der Waals surface area contributed by atoms with Crippen molar-refractivity contribution < 1.29 is 14.7 Å². The summed E-state index contributed by atoms with van der Waals surface area (Å²) in [7, 11) is 0. The van der Waals surface area contributed by atoms with Crippen molar-refractivity contribution in [1.29, 1.82) is 0 Å². The van der Waals surface area contributed by atoms with Gasteiger partial charge in [-0.25, -0.2) is 0 Å². The summed E-state index contributed by atoms with van der Waals surface area (Å²) in [6.07, 6.45) is 1.86. The molecule has 5 nitrogen and oxygen atoms in total. The molecule has 5 heteroatoms. The highest BCUT2D eigenvalue weighted by molar-refractivity contribution is 6.02. The van der Waals surface area contributed by atoms with E-state index >= 15 is 0 Å². The molecule has 0 aliphatic rings. The van der Waals surface area contributed by atoms with Gasteiger partial charge in [0.05, 0.1) is 13.2 Å². The lowest BCUT2D eigenvalue weighted by Crippen LogP contribution is -2.59. The van der Waals surface area contributed by atoms with Crippen LogP contribution < -0.4 is 5.48 Å². The molecule has 0 aliphatic heterocycles. The number of benzene rings is 1. The second-order valence-corrected chi connectivity index (χ2v) is 5.32. The maximum Gasteiger partial charge on any atom is 0.215 e. The lowest BCUT2D eigenvalue weighted by atomic mass is 10.0. The maximum absolute atomic E-state index is 12.7. The minimum Gasteiger partial charge on any atom is -0.366 e. The minimum atomic E-state index is -1.75. The van der Waals surface area contributed by atoms with E-state index in [2.05, 4.69) is 12.4 Å². The van der Waals surface area contributed by atoms with Crippen molar-refractivity contribution in [2.75, 3.05) is 26.2 Å². The molecular formula is C17H28N2O3. The zero-order valence-electron chi connectivity index (χ0n) is 13.8. The first-order valence-corrected chi connectivity index (χ1v) is 8.00. The maximum atomic E-state index is 12.7. The quantitative estimate of drug-likeness (QED) is 0.284. The van der Waals surface area contributed by atoms with Crippen LogP contribution in [0.1, 0.15) is 44.0 Å². The monoisotopic (exact) mass is 308 g/mol.